The van der Waals surface area contributed by atoms with Crippen molar-refractivity contribution in [2.75, 3.05) is 27.8 Å². The lowest BCUT2D eigenvalue weighted by atomic mass is 9.86. The Morgan fingerprint density at radius 2 is 1.81 bits per heavy atom. The van der Waals surface area contributed by atoms with E-state index in [4.69, 9.17) is 9.47 Å². The fourth-order valence-electron chi connectivity index (χ4n) is 4.66. The van der Waals surface area contributed by atoms with Crippen LogP contribution in [0.2, 0.25) is 13.1 Å². The third-order valence-electron chi connectivity index (χ3n) is 6.29. The predicted octanol–water partition coefficient (Wildman–Crippen LogP) is 5.71. The van der Waals surface area contributed by atoms with E-state index in [0.717, 1.165) is 11.5 Å². The van der Waals surface area contributed by atoms with Crippen LogP contribution < -0.4 is 14.7 Å². The van der Waals surface area contributed by atoms with Gasteiger partial charge in [0.15, 0.2) is 0 Å². The lowest BCUT2D eigenvalue weighted by Gasteiger charge is -2.38. The average Bonchev–Trinajstić information content (AvgIpc) is 3.11. The summed E-state index contributed by atoms with van der Waals surface area (Å²) in [6.45, 7) is 16.0. The zero-order valence-corrected chi connectivity index (χ0v) is 21.4. The van der Waals surface area contributed by atoms with E-state index in [-0.39, 0.29) is 5.41 Å². The third-order valence-corrected chi connectivity index (χ3v) is 10.1. The Kier molecular flexibility index (Phi) is 6.42. The first-order valence-electron chi connectivity index (χ1n) is 11.0. The first kappa shape index (κ1) is 23.2. The molecular weight excluding hydrogens is 398 g/mol. The second kappa shape index (κ2) is 8.58. The molecule has 0 spiro atoms. The smallest absolute Gasteiger partial charge is 0.123 e. The molecule has 31 heavy (non-hydrogen) atoms. The van der Waals surface area contributed by atoms with Gasteiger partial charge >= 0.3 is 0 Å². The quantitative estimate of drug-likeness (QED) is 0.411. The molecule has 1 aliphatic carbocycles. The number of ether oxygens (including phenoxy) is 2. The number of methoxy groups -OCH3 is 1. The van der Waals surface area contributed by atoms with Crippen LogP contribution in [-0.2, 0) is 5.41 Å². The van der Waals surface area contributed by atoms with Gasteiger partial charge < -0.3 is 14.4 Å². The summed E-state index contributed by atoms with van der Waals surface area (Å²) in [5, 5.41) is 1.30. The van der Waals surface area contributed by atoms with E-state index in [9.17, 15) is 0 Å². The topological polar surface area (TPSA) is 21.7 Å². The number of allylic oxidation sites excluding steroid dienone is 1. The summed E-state index contributed by atoms with van der Waals surface area (Å²) >= 11 is 0. The summed E-state index contributed by atoms with van der Waals surface area (Å²) in [4.78, 5) is 2.27. The molecule has 3 rings (SSSR count). The van der Waals surface area contributed by atoms with Gasteiger partial charge in [-0.3, -0.25) is 0 Å². The predicted molar refractivity (Wildman–Crippen MR) is 135 cm³/mol. The van der Waals surface area contributed by atoms with Crippen molar-refractivity contribution in [1.82, 2.24) is 4.90 Å². The molecule has 1 unspecified atom stereocenters. The number of hydrogen-bond acceptors (Lipinski definition) is 3. The first-order chi connectivity index (χ1) is 14.5. The Labute approximate surface area is 189 Å². The normalized spacial score (nSPS) is 15.9. The minimum atomic E-state index is -2.13. The molecule has 166 valence electrons. The minimum absolute atomic E-state index is 0.0714. The third kappa shape index (κ3) is 4.31. The van der Waals surface area contributed by atoms with E-state index in [1.54, 1.807) is 7.11 Å². The van der Waals surface area contributed by atoms with Crippen LogP contribution in [0.5, 0.6) is 11.5 Å². The largest absolute Gasteiger partial charge is 0.497 e. The first-order valence-corrected chi connectivity index (χ1v) is 14.0. The molecule has 0 aromatic heterocycles. The highest BCUT2D eigenvalue weighted by Crippen LogP contribution is 2.45. The highest BCUT2D eigenvalue weighted by molar-refractivity contribution is 6.92. The van der Waals surface area contributed by atoms with E-state index >= 15 is 0 Å². The van der Waals surface area contributed by atoms with Crippen LogP contribution in [-0.4, -0.2) is 40.8 Å². The van der Waals surface area contributed by atoms with E-state index in [1.807, 2.05) is 6.08 Å². The number of nitrogens with zero attached hydrogens (tertiary/aromatic N) is 1. The molecule has 4 heteroatoms. The second-order valence-electron chi connectivity index (χ2n) is 10.1. The van der Waals surface area contributed by atoms with Crippen LogP contribution in [0.1, 0.15) is 43.0 Å². The van der Waals surface area contributed by atoms with Gasteiger partial charge in [-0.1, -0.05) is 70.8 Å². The minimum Gasteiger partial charge on any atom is -0.497 e. The lowest BCUT2D eigenvalue weighted by molar-refractivity contribution is 0.351. The molecule has 1 aliphatic rings. The lowest BCUT2D eigenvalue weighted by Crippen LogP contribution is -2.50. The number of likely N-dealkylation sites (N-methyl/N-ethyl adjacent to an activating group) is 1. The molecule has 0 saturated heterocycles. The highest BCUT2D eigenvalue weighted by atomic mass is 28.3. The fraction of sp³-hybridized carbons (Fsp3) is 0.407. The van der Waals surface area contributed by atoms with Crippen LogP contribution in [0.25, 0.3) is 6.08 Å². The molecule has 0 aliphatic heterocycles. The van der Waals surface area contributed by atoms with Crippen molar-refractivity contribution in [2.45, 2.75) is 44.8 Å². The summed E-state index contributed by atoms with van der Waals surface area (Å²) < 4.78 is 12.2. The van der Waals surface area contributed by atoms with Gasteiger partial charge in [0, 0.05) is 30.9 Å². The van der Waals surface area contributed by atoms with Crippen LogP contribution in [0, 0.1) is 0 Å². The molecule has 1 atom stereocenters. The SMILES string of the molecule is C=CCOc1c(C(C)(C)C)cc(OC)cc1[Si](C)(C)C1C(N(C)C)=Cc2ccccc21. The van der Waals surface area contributed by atoms with Crippen LogP contribution in [0.15, 0.2) is 54.8 Å². The number of fused-ring (bicyclic) bond motifs is 1. The van der Waals surface area contributed by atoms with Gasteiger partial charge in [0.05, 0.1) is 15.2 Å². The summed E-state index contributed by atoms with van der Waals surface area (Å²) in [5.74, 6) is 1.90. The fourth-order valence-corrected chi connectivity index (χ4v) is 8.40. The van der Waals surface area contributed by atoms with Gasteiger partial charge in [-0.2, -0.15) is 0 Å². The second-order valence-corrected chi connectivity index (χ2v) is 14.7. The van der Waals surface area contributed by atoms with Gasteiger partial charge in [0.25, 0.3) is 0 Å². The van der Waals surface area contributed by atoms with Crippen molar-refractivity contribution in [2.24, 2.45) is 0 Å². The Balaban J connectivity index is 2.29. The van der Waals surface area contributed by atoms with Crippen molar-refractivity contribution < 1.29 is 9.47 Å². The average molecular weight is 436 g/mol. The molecule has 0 radical (unpaired) electrons. The van der Waals surface area contributed by atoms with E-state index in [1.165, 1.54) is 27.6 Å². The van der Waals surface area contributed by atoms with E-state index in [0.29, 0.717) is 12.1 Å². The van der Waals surface area contributed by atoms with Crippen LogP contribution in [0.4, 0.5) is 0 Å². The Bertz CT molecular complexity index is 999. The van der Waals surface area contributed by atoms with E-state index in [2.05, 4.69) is 102 Å². The van der Waals surface area contributed by atoms with Crippen molar-refractivity contribution in [3.05, 3.63) is 71.4 Å². The Morgan fingerprint density at radius 1 is 1.13 bits per heavy atom. The van der Waals surface area contributed by atoms with Crippen molar-refractivity contribution in [1.29, 1.82) is 0 Å². The zero-order valence-electron chi connectivity index (χ0n) is 20.4. The highest BCUT2D eigenvalue weighted by Gasteiger charge is 2.44. The summed E-state index contributed by atoms with van der Waals surface area (Å²) in [6.07, 6.45) is 4.18. The molecule has 2 aromatic carbocycles. The number of hydrogen-bond donors (Lipinski definition) is 0. The summed E-state index contributed by atoms with van der Waals surface area (Å²) in [7, 11) is 3.92. The molecule has 0 saturated carbocycles. The molecule has 0 N–H and O–H groups in total. The molecule has 0 heterocycles. The maximum absolute atomic E-state index is 6.40. The van der Waals surface area contributed by atoms with Gasteiger partial charge in [-0.25, -0.2) is 0 Å². The van der Waals surface area contributed by atoms with E-state index < -0.39 is 8.07 Å². The van der Waals surface area contributed by atoms with Crippen molar-refractivity contribution in [3.63, 3.8) is 0 Å². The Hall–Kier alpha value is -2.46. The van der Waals surface area contributed by atoms with Gasteiger partial charge in [0.2, 0.25) is 0 Å². The molecule has 0 fully saturated rings. The zero-order chi connectivity index (χ0) is 23.0. The maximum Gasteiger partial charge on any atom is 0.123 e. The van der Waals surface area contributed by atoms with Crippen molar-refractivity contribution in [3.8, 4) is 11.5 Å². The van der Waals surface area contributed by atoms with Crippen LogP contribution >= 0.6 is 0 Å². The monoisotopic (exact) mass is 435 g/mol. The molecule has 2 aromatic rings. The molecule has 3 nitrogen and oxygen atoms in total. The summed E-state index contributed by atoms with van der Waals surface area (Å²) in [5.41, 5.74) is 5.56. The van der Waals surface area contributed by atoms with Gasteiger partial charge in [-0.05, 0) is 39.9 Å². The molecule has 0 bridgehead atoms. The molecule has 0 amide bonds. The molecular formula is C27H37NO2Si. The van der Waals surface area contributed by atoms with Gasteiger partial charge in [-0.15, -0.1) is 0 Å². The summed E-state index contributed by atoms with van der Waals surface area (Å²) in [6, 6.07) is 13.2. The van der Waals surface area contributed by atoms with Crippen LogP contribution in [0.3, 0.4) is 0 Å². The number of rotatable bonds is 7. The van der Waals surface area contributed by atoms with Crippen molar-refractivity contribution >= 4 is 19.3 Å². The standard InChI is InChI=1S/C27H37NO2Si/c1-10-15-30-25-22(27(2,3)4)17-20(29-7)18-24(25)31(8,9)26-21-14-12-11-13-19(21)16-23(26)28(5)6/h10-14,16-18,26H,1,15H2,2-9H3. The Morgan fingerprint density at radius 3 is 2.39 bits per heavy atom. The van der Waals surface area contributed by atoms with Gasteiger partial charge in [0.1, 0.15) is 18.1 Å². The maximum atomic E-state index is 6.40. The number of benzene rings is 2.